The first-order chi connectivity index (χ1) is 8.95. The highest BCUT2D eigenvalue weighted by atomic mass is 16.4. The molecule has 0 saturated heterocycles. The number of aryl methyl sites for hydroxylation is 1. The summed E-state index contributed by atoms with van der Waals surface area (Å²) in [6, 6.07) is 3.72. The molecule has 0 unspecified atom stereocenters. The molecule has 0 saturated carbocycles. The zero-order valence-corrected chi connectivity index (χ0v) is 11.8. The van der Waals surface area contributed by atoms with Gasteiger partial charge in [0, 0.05) is 34.3 Å². The van der Waals surface area contributed by atoms with E-state index in [0.717, 1.165) is 5.76 Å². The largest absolute Gasteiger partial charge is 0.446 e. The Hall–Kier alpha value is -2.31. The number of hydrogen-bond donors (Lipinski definition) is 1. The van der Waals surface area contributed by atoms with Crippen LogP contribution in [0, 0.1) is 6.92 Å². The van der Waals surface area contributed by atoms with Crippen molar-refractivity contribution in [2.24, 2.45) is 0 Å². The van der Waals surface area contributed by atoms with Gasteiger partial charge in [0.15, 0.2) is 5.88 Å². The second-order valence-corrected chi connectivity index (χ2v) is 4.58. The van der Waals surface area contributed by atoms with Gasteiger partial charge in [-0.1, -0.05) is 0 Å². The van der Waals surface area contributed by atoms with E-state index in [2.05, 4.69) is 20.3 Å². The zero-order valence-electron chi connectivity index (χ0n) is 11.8. The average molecular weight is 262 g/mol. The predicted octanol–water partition coefficient (Wildman–Crippen LogP) is 1.65. The fourth-order valence-electron chi connectivity index (χ4n) is 1.42. The van der Waals surface area contributed by atoms with Gasteiger partial charge in [0.05, 0.1) is 0 Å². The molecule has 0 radical (unpaired) electrons. The van der Waals surface area contributed by atoms with E-state index in [4.69, 9.17) is 4.42 Å². The fraction of sp³-hybridized carbons (Fsp3) is 0.417. The number of nitrogens with zero attached hydrogens (tertiary/aromatic N) is 5. The molecule has 7 heteroatoms. The summed E-state index contributed by atoms with van der Waals surface area (Å²) in [7, 11) is 7.54. The molecule has 0 spiro atoms. The second kappa shape index (κ2) is 5.13. The maximum absolute atomic E-state index is 5.45. The Labute approximate surface area is 112 Å². The van der Waals surface area contributed by atoms with Gasteiger partial charge in [-0.25, -0.2) is 0 Å². The third-order valence-corrected chi connectivity index (χ3v) is 2.39. The molecule has 0 amide bonds. The maximum atomic E-state index is 5.45. The van der Waals surface area contributed by atoms with Crippen LogP contribution in [0.2, 0.25) is 0 Å². The van der Waals surface area contributed by atoms with Gasteiger partial charge in [-0.05, 0) is 13.0 Å². The van der Waals surface area contributed by atoms with E-state index in [-0.39, 0.29) is 0 Å². The van der Waals surface area contributed by atoms with Gasteiger partial charge in [-0.15, -0.1) is 0 Å². The van der Waals surface area contributed by atoms with Crippen LogP contribution in [0.5, 0.6) is 0 Å². The van der Waals surface area contributed by atoms with Crippen molar-refractivity contribution in [2.75, 3.05) is 43.3 Å². The van der Waals surface area contributed by atoms with Crippen molar-refractivity contribution in [2.45, 2.75) is 6.92 Å². The van der Waals surface area contributed by atoms with Gasteiger partial charge in [0.2, 0.25) is 17.8 Å². The van der Waals surface area contributed by atoms with Gasteiger partial charge in [-0.3, -0.25) is 5.32 Å². The minimum absolute atomic E-state index is 0.455. The number of aromatic nitrogens is 3. The Morgan fingerprint density at radius 3 is 1.95 bits per heavy atom. The highest BCUT2D eigenvalue weighted by Crippen LogP contribution is 2.19. The molecule has 0 bridgehead atoms. The van der Waals surface area contributed by atoms with Gasteiger partial charge in [0.1, 0.15) is 5.76 Å². The summed E-state index contributed by atoms with van der Waals surface area (Å²) < 4.78 is 5.45. The van der Waals surface area contributed by atoms with Crippen molar-refractivity contribution in [1.82, 2.24) is 15.0 Å². The number of furan rings is 1. The molecule has 0 aliphatic carbocycles. The van der Waals surface area contributed by atoms with Crippen LogP contribution in [0.4, 0.5) is 23.7 Å². The minimum atomic E-state index is 0.455. The lowest BCUT2D eigenvalue weighted by atomic mass is 10.5. The van der Waals surface area contributed by atoms with Crippen molar-refractivity contribution in [3.8, 4) is 0 Å². The molecule has 7 nitrogen and oxygen atoms in total. The van der Waals surface area contributed by atoms with Gasteiger partial charge < -0.3 is 14.2 Å². The highest BCUT2D eigenvalue weighted by Gasteiger charge is 2.10. The summed E-state index contributed by atoms with van der Waals surface area (Å²) in [5, 5.41) is 3.03. The third kappa shape index (κ3) is 3.12. The van der Waals surface area contributed by atoms with Crippen LogP contribution in [0.3, 0.4) is 0 Å². The van der Waals surface area contributed by atoms with Crippen molar-refractivity contribution >= 4 is 23.7 Å². The van der Waals surface area contributed by atoms with Crippen molar-refractivity contribution in [3.05, 3.63) is 17.9 Å². The fourth-order valence-corrected chi connectivity index (χ4v) is 1.42. The Morgan fingerprint density at radius 2 is 1.53 bits per heavy atom. The average Bonchev–Trinajstić information content (AvgIpc) is 2.74. The number of hydrogen-bond acceptors (Lipinski definition) is 7. The summed E-state index contributed by atoms with van der Waals surface area (Å²) in [5.74, 6) is 3.07. The van der Waals surface area contributed by atoms with E-state index in [9.17, 15) is 0 Å². The lowest BCUT2D eigenvalue weighted by molar-refractivity contribution is 0.550. The number of rotatable bonds is 4. The third-order valence-electron chi connectivity index (χ3n) is 2.39. The number of nitrogens with one attached hydrogen (secondary N) is 1. The van der Waals surface area contributed by atoms with Crippen LogP contribution in [0.1, 0.15) is 5.76 Å². The van der Waals surface area contributed by atoms with Crippen LogP contribution < -0.4 is 15.1 Å². The first kappa shape index (κ1) is 13.1. The lowest BCUT2D eigenvalue weighted by Gasteiger charge is -2.16. The Balaban J connectivity index is 2.33. The molecule has 2 rings (SSSR count). The zero-order chi connectivity index (χ0) is 14.0. The molecule has 0 atom stereocenters. The van der Waals surface area contributed by atoms with Crippen LogP contribution in [-0.4, -0.2) is 43.1 Å². The van der Waals surface area contributed by atoms with E-state index >= 15 is 0 Å². The first-order valence-electron chi connectivity index (χ1n) is 5.90. The molecule has 19 heavy (non-hydrogen) atoms. The molecule has 2 heterocycles. The van der Waals surface area contributed by atoms with Gasteiger partial charge in [0.25, 0.3) is 0 Å². The summed E-state index contributed by atoms with van der Waals surface area (Å²) >= 11 is 0. The van der Waals surface area contributed by atoms with Crippen LogP contribution in [0.15, 0.2) is 16.5 Å². The molecule has 0 aliphatic rings. The standard InChI is InChI=1S/C12H18N6O/c1-8-6-7-9(19-8)13-10-14-11(17(2)3)16-12(15-10)18(4)5/h6-7H,1-5H3,(H,13,14,15,16). The van der Waals surface area contributed by atoms with E-state index in [0.29, 0.717) is 23.7 Å². The monoisotopic (exact) mass is 262 g/mol. The quantitative estimate of drug-likeness (QED) is 0.898. The van der Waals surface area contributed by atoms with Crippen molar-refractivity contribution < 1.29 is 4.42 Å². The van der Waals surface area contributed by atoms with Crippen LogP contribution in [-0.2, 0) is 0 Å². The van der Waals surface area contributed by atoms with Crippen molar-refractivity contribution in [1.29, 1.82) is 0 Å². The summed E-state index contributed by atoms with van der Waals surface area (Å²) in [6.07, 6.45) is 0. The smallest absolute Gasteiger partial charge is 0.236 e. The normalized spacial score (nSPS) is 10.4. The highest BCUT2D eigenvalue weighted by molar-refractivity contribution is 5.51. The van der Waals surface area contributed by atoms with Gasteiger partial charge in [-0.2, -0.15) is 15.0 Å². The molecule has 2 aromatic rings. The van der Waals surface area contributed by atoms with E-state index in [1.165, 1.54) is 0 Å². The molecular formula is C12H18N6O. The van der Waals surface area contributed by atoms with Crippen LogP contribution in [0.25, 0.3) is 0 Å². The number of anilines is 4. The van der Waals surface area contributed by atoms with Crippen molar-refractivity contribution in [3.63, 3.8) is 0 Å². The first-order valence-corrected chi connectivity index (χ1v) is 5.90. The van der Waals surface area contributed by atoms with Gasteiger partial charge >= 0.3 is 0 Å². The molecule has 0 fully saturated rings. The molecule has 0 aromatic carbocycles. The van der Waals surface area contributed by atoms with E-state index < -0.39 is 0 Å². The summed E-state index contributed by atoms with van der Waals surface area (Å²) in [4.78, 5) is 16.6. The molecule has 102 valence electrons. The minimum Gasteiger partial charge on any atom is -0.446 e. The molecule has 1 N–H and O–H groups in total. The predicted molar refractivity (Wildman–Crippen MR) is 75.2 cm³/mol. The summed E-state index contributed by atoms with van der Waals surface area (Å²) in [6.45, 7) is 1.88. The lowest BCUT2D eigenvalue weighted by Crippen LogP contribution is -2.19. The van der Waals surface area contributed by atoms with Crippen LogP contribution >= 0.6 is 0 Å². The maximum Gasteiger partial charge on any atom is 0.236 e. The topological polar surface area (TPSA) is 70.3 Å². The molecule has 2 aromatic heterocycles. The van der Waals surface area contributed by atoms with E-state index in [1.807, 2.05) is 57.0 Å². The SMILES string of the molecule is Cc1ccc(Nc2nc(N(C)C)nc(N(C)C)n2)o1. The molecular weight excluding hydrogens is 244 g/mol. The Kier molecular flexibility index (Phi) is 3.55. The summed E-state index contributed by atoms with van der Waals surface area (Å²) in [5.41, 5.74) is 0. The Morgan fingerprint density at radius 1 is 0.947 bits per heavy atom. The molecule has 0 aliphatic heterocycles. The second-order valence-electron chi connectivity index (χ2n) is 4.58. The van der Waals surface area contributed by atoms with E-state index in [1.54, 1.807) is 0 Å². The Bertz CT molecular complexity index is 537.